The molecule has 2 aliphatic rings. The zero-order valence-electron chi connectivity index (χ0n) is 12.4. The minimum Gasteiger partial charge on any atom is -0.480 e. The molecular formula is C15H25NO4. The van der Waals surface area contributed by atoms with E-state index in [0.29, 0.717) is 19.1 Å². The van der Waals surface area contributed by atoms with Gasteiger partial charge in [-0.3, -0.25) is 4.79 Å². The van der Waals surface area contributed by atoms with Crippen molar-refractivity contribution < 1.29 is 19.4 Å². The third-order valence-corrected chi connectivity index (χ3v) is 4.49. The average molecular weight is 283 g/mol. The summed E-state index contributed by atoms with van der Waals surface area (Å²) < 4.78 is 5.23. The standard InChI is InChI=1S/C15H25NO4/c1-11(2)9-15(5-3-4-6-15)14(19)16-7-8-20-10-12(16)13(17)18/h11-12H,3-10H2,1-2H3,(H,17,18). The molecule has 1 aliphatic carbocycles. The Hall–Kier alpha value is -1.10. The predicted octanol–water partition coefficient (Wildman–Crippen LogP) is 1.90. The first-order valence-corrected chi connectivity index (χ1v) is 7.58. The van der Waals surface area contributed by atoms with Gasteiger partial charge in [0.15, 0.2) is 6.04 Å². The van der Waals surface area contributed by atoms with Crippen molar-refractivity contribution in [3.63, 3.8) is 0 Å². The minimum absolute atomic E-state index is 0.0411. The number of amides is 1. The Labute approximate surface area is 120 Å². The van der Waals surface area contributed by atoms with Gasteiger partial charge in [-0.1, -0.05) is 26.7 Å². The van der Waals surface area contributed by atoms with Gasteiger partial charge in [-0.05, 0) is 25.2 Å². The monoisotopic (exact) mass is 283 g/mol. The van der Waals surface area contributed by atoms with E-state index in [4.69, 9.17) is 4.74 Å². The number of rotatable bonds is 4. The van der Waals surface area contributed by atoms with Crippen molar-refractivity contribution in [3.8, 4) is 0 Å². The van der Waals surface area contributed by atoms with Crippen LogP contribution in [-0.2, 0) is 14.3 Å². The van der Waals surface area contributed by atoms with Crippen molar-refractivity contribution in [3.05, 3.63) is 0 Å². The minimum atomic E-state index is -0.962. The highest BCUT2D eigenvalue weighted by Gasteiger charge is 2.46. The molecular weight excluding hydrogens is 258 g/mol. The van der Waals surface area contributed by atoms with Crippen LogP contribution in [0.4, 0.5) is 0 Å². The van der Waals surface area contributed by atoms with E-state index >= 15 is 0 Å². The molecule has 114 valence electrons. The zero-order valence-corrected chi connectivity index (χ0v) is 12.4. The highest BCUT2D eigenvalue weighted by molar-refractivity contribution is 5.88. The fourth-order valence-corrected chi connectivity index (χ4v) is 3.69. The van der Waals surface area contributed by atoms with E-state index in [1.807, 2.05) is 0 Å². The van der Waals surface area contributed by atoms with Gasteiger partial charge in [-0.15, -0.1) is 0 Å². The van der Waals surface area contributed by atoms with Crippen LogP contribution in [0.1, 0.15) is 46.0 Å². The lowest BCUT2D eigenvalue weighted by Crippen LogP contribution is -2.56. The first-order chi connectivity index (χ1) is 9.46. The van der Waals surface area contributed by atoms with Gasteiger partial charge in [0, 0.05) is 12.0 Å². The van der Waals surface area contributed by atoms with Crippen molar-refractivity contribution in [2.75, 3.05) is 19.8 Å². The zero-order chi connectivity index (χ0) is 14.8. The molecule has 1 unspecified atom stereocenters. The molecule has 1 heterocycles. The van der Waals surface area contributed by atoms with Crippen LogP contribution in [0, 0.1) is 11.3 Å². The smallest absolute Gasteiger partial charge is 0.328 e. The number of carboxylic acids is 1. The summed E-state index contributed by atoms with van der Waals surface area (Å²) in [5.41, 5.74) is -0.334. The number of carbonyl (C=O) groups is 2. The molecule has 1 amide bonds. The Morgan fingerprint density at radius 2 is 2.00 bits per heavy atom. The fraction of sp³-hybridized carbons (Fsp3) is 0.867. The van der Waals surface area contributed by atoms with Gasteiger partial charge in [-0.25, -0.2) is 4.79 Å². The molecule has 0 radical (unpaired) electrons. The van der Waals surface area contributed by atoms with E-state index < -0.39 is 12.0 Å². The van der Waals surface area contributed by atoms with Crippen molar-refractivity contribution >= 4 is 11.9 Å². The highest BCUT2D eigenvalue weighted by Crippen LogP contribution is 2.45. The normalized spacial score (nSPS) is 25.9. The molecule has 0 aromatic carbocycles. The van der Waals surface area contributed by atoms with Crippen LogP contribution in [0.3, 0.4) is 0 Å². The molecule has 1 atom stereocenters. The molecule has 0 spiro atoms. The molecule has 1 saturated carbocycles. The summed E-state index contributed by atoms with van der Waals surface area (Å²) >= 11 is 0. The quantitative estimate of drug-likeness (QED) is 0.855. The van der Waals surface area contributed by atoms with Crippen LogP contribution in [-0.4, -0.2) is 47.7 Å². The second kappa shape index (κ2) is 6.12. The second-order valence-corrected chi connectivity index (χ2v) is 6.51. The summed E-state index contributed by atoms with van der Waals surface area (Å²) in [5.74, 6) is -0.475. The number of carbonyl (C=O) groups excluding carboxylic acids is 1. The van der Waals surface area contributed by atoms with Gasteiger partial charge in [0.25, 0.3) is 0 Å². The van der Waals surface area contributed by atoms with Gasteiger partial charge in [0.05, 0.1) is 13.2 Å². The number of ether oxygens (including phenoxy) is 1. The first kappa shape index (κ1) is 15.3. The average Bonchev–Trinajstić information content (AvgIpc) is 2.86. The molecule has 5 nitrogen and oxygen atoms in total. The Bertz CT molecular complexity index is 374. The Morgan fingerprint density at radius 3 is 2.55 bits per heavy atom. The maximum atomic E-state index is 13.0. The van der Waals surface area contributed by atoms with Crippen LogP contribution in [0.25, 0.3) is 0 Å². The number of nitrogens with zero attached hydrogens (tertiary/aromatic N) is 1. The number of hydrogen-bond acceptors (Lipinski definition) is 3. The van der Waals surface area contributed by atoms with Crippen LogP contribution < -0.4 is 0 Å². The molecule has 5 heteroatoms. The van der Waals surface area contributed by atoms with Gasteiger partial charge in [-0.2, -0.15) is 0 Å². The number of aliphatic carboxylic acids is 1. The largest absolute Gasteiger partial charge is 0.480 e. The van der Waals surface area contributed by atoms with Gasteiger partial charge < -0.3 is 14.7 Å². The van der Waals surface area contributed by atoms with Crippen molar-refractivity contribution in [2.45, 2.75) is 52.0 Å². The van der Waals surface area contributed by atoms with E-state index in [-0.39, 0.29) is 17.9 Å². The topological polar surface area (TPSA) is 66.8 Å². The molecule has 1 aliphatic heterocycles. The van der Waals surface area contributed by atoms with Gasteiger partial charge >= 0.3 is 5.97 Å². The summed E-state index contributed by atoms with van der Waals surface area (Å²) in [6, 6.07) is -0.819. The predicted molar refractivity (Wildman–Crippen MR) is 74.3 cm³/mol. The van der Waals surface area contributed by atoms with Gasteiger partial charge in [0.1, 0.15) is 0 Å². The summed E-state index contributed by atoms with van der Waals surface area (Å²) in [6.07, 6.45) is 4.79. The van der Waals surface area contributed by atoms with Gasteiger partial charge in [0.2, 0.25) is 5.91 Å². The van der Waals surface area contributed by atoms with E-state index in [9.17, 15) is 14.7 Å². The summed E-state index contributed by atoms with van der Waals surface area (Å²) in [6.45, 7) is 5.20. The maximum Gasteiger partial charge on any atom is 0.328 e. The Kier molecular flexibility index (Phi) is 4.68. The van der Waals surface area contributed by atoms with Crippen LogP contribution in [0.15, 0.2) is 0 Å². The molecule has 1 saturated heterocycles. The third-order valence-electron chi connectivity index (χ3n) is 4.49. The third kappa shape index (κ3) is 2.97. The number of morpholine rings is 1. The second-order valence-electron chi connectivity index (χ2n) is 6.51. The molecule has 2 rings (SSSR count). The van der Waals surface area contributed by atoms with Crippen molar-refractivity contribution in [1.29, 1.82) is 0 Å². The molecule has 0 bridgehead atoms. The first-order valence-electron chi connectivity index (χ1n) is 7.58. The van der Waals surface area contributed by atoms with E-state index in [2.05, 4.69) is 13.8 Å². The summed E-state index contributed by atoms with van der Waals surface area (Å²) in [5, 5.41) is 9.29. The maximum absolute atomic E-state index is 13.0. The van der Waals surface area contributed by atoms with E-state index in [1.54, 1.807) is 4.90 Å². The molecule has 1 N–H and O–H groups in total. The summed E-state index contributed by atoms with van der Waals surface area (Å²) in [4.78, 5) is 25.9. The summed E-state index contributed by atoms with van der Waals surface area (Å²) in [7, 11) is 0. The van der Waals surface area contributed by atoms with E-state index in [0.717, 1.165) is 32.1 Å². The number of carboxylic acid groups (broad SMARTS) is 1. The Morgan fingerprint density at radius 1 is 1.35 bits per heavy atom. The van der Waals surface area contributed by atoms with Crippen LogP contribution in [0.2, 0.25) is 0 Å². The van der Waals surface area contributed by atoms with Crippen molar-refractivity contribution in [2.24, 2.45) is 11.3 Å². The lowest BCUT2D eigenvalue weighted by atomic mass is 9.77. The SMILES string of the molecule is CC(C)CC1(C(=O)N2CCOCC2C(=O)O)CCCC1. The van der Waals surface area contributed by atoms with Crippen LogP contribution in [0.5, 0.6) is 0 Å². The molecule has 2 fully saturated rings. The number of hydrogen-bond donors (Lipinski definition) is 1. The highest BCUT2D eigenvalue weighted by atomic mass is 16.5. The lowest BCUT2D eigenvalue weighted by Gasteiger charge is -2.40. The Balaban J connectivity index is 2.19. The fourth-order valence-electron chi connectivity index (χ4n) is 3.69. The molecule has 0 aromatic heterocycles. The molecule has 20 heavy (non-hydrogen) atoms. The lowest BCUT2D eigenvalue weighted by molar-refractivity contribution is -0.164. The van der Waals surface area contributed by atoms with Crippen LogP contribution >= 0.6 is 0 Å². The molecule has 0 aromatic rings. The van der Waals surface area contributed by atoms with E-state index in [1.165, 1.54) is 0 Å². The van der Waals surface area contributed by atoms with Crippen molar-refractivity contribution in [1.82, 2.24) is 4.90 Å².